The number of carbonyl (C=O) groups excluding carboxylic acids is 2. The number of nitrogens with zero attached hydrogens (tertiary/aromatic N) is 1. The molecule has 1 atom stereocenters. The second-order valence-electron chi connectivity index (χ2n) is 8.25. The molecule has 2 amide bonds. The molecule has 2 heterocycles. The van der Waals surface area contributed by atoms with E-state index in [-0.39, 0.29) is 24.3 Å². The number of ether oxygens (including phenoxy) is 1. The molecule has 174 valence electrons. The van der Waals surface area contributed by atoms with Crippen molar-refractivity contribution in [1.82, 2.24) is 10.2 Å². The van der Waals surface area contributed by atoms with Crippen LogP contribution in [0.15, 0.2) is 59.3 Å². The lowest BCUT2D eigenvalue weighted by molar-refractivity contribution is -0.141. The summed E-state index contributed by atoms with van der Waals surface area (Å²) in [5, 5.41) is 7.21. The summed E-state index contributed by atoms with van der Waals surface area (Å²) >= 11 is 3.16. The molecule has 0 aliphatic heterocycles. The molecule has 5 nitrogen and oxygen atoms in total. The van der Waals surface area contributed by atoms with Gasteiger partial charge in [-0.05, 0) is 60.4 Å². The van der Waals surface area contributed by atoms with Gasteiger partial charge in [0.1, 0.15) is 11.8 Å². The highest BCUT2D eigenvalue weighted by atomic mass is 32.1. The van der Waals surface area contributed by atoms with Crippen molar-refractivity contribution in [3.63, 3.8) is 0 Å². The molecule has 1 aromatic carbocycles. The van der Waals surface area contributed by atoms with Crippen LogP contribution in [0.5, 0.6) is 5.75 Å². The van der Waals surface area contributed by atoms with Gasteiger partial charge < -0.3 is 15.0 Å². The van der Waals surface area contributed by atoms with Crippen molar-refractivity contribution in [3.05, 3.63) is 74.6 Å². The molecule has 0 spiro atoms. The maximum atomic E-state index is 13.7. The molecule has 1 aliphatic carbocycles. The van der Waals surface area contributed by atoms with E-state index in [9.17, 15) is 9.59 Å². The summed E-state index contributed by atoms with van der Waals surface area (Å²) in [6.45, 7) is 2.92. The van der Waals surface area contributed by atoms with E-state index >= 15 is 0 Å². The van der Waals surface area contributed by atoms with E-state index in [0.29, 0.717) is 13.2 Å². The van der Waals surface area contributed by atoms with Crippen LogP contribution < -0.4 is 10.1 Å². The van der Waals surface area contributed by atoms with Crippen molar-refractivity contribution in [2.24, 2.45) is 0 Å². The molecule has 1 N–H and O–H groups in total. The predicted molar refractivity (Wildman–Crippen MR) is 134 cm³/mol. The molecule has 1 fully saturated rings. The largest absolute Gasteiger partial charge is 0.494 e. The van der Waals surface area contributed by atoms with Crippen LogP contribution in [-0.2, 0) is 22.6 Å². The van der Waals surface area contributed by atoms with Gasteiger partial charge in [0, 0.05) is 15.8 Å². The molecule has 1 saturated carbocycles. The normalized spacial score (nSPS) is 14.7. The average Bonchev–Trinajstić information content (AvgIpc) is 3.59. The quantitative estimate of drug-likeness (QED) is 0.410. The van der Waals surface area contributed by atoms with Gasteiger partial charge in [-0.15, -0.1) is 22.7 Å². The SMILES string of the molecule is CCOc1ccc(C(C(=O)NC2CCCC2)N(Cc2cccs2)C(=O)Cc2cccs2)cc1. The third kappa shape index (κ3) is 6.24. The molecule has 1 aliphatic rings. The summed E-state index contributed by atoms with van der Waals surface area (Å²) in [7, 11) is 0. The van der Waals surface area contributed by atoms with Crippen molar-refractivity contribution in [3.8, 4) is 5.75 Å². The topological polar surface area (TPSA) is 58.6 Å². The Balaban J connectivity index is 1.66. The fourth-order valence-electron chi connectivity index (χ4n) is 4.29. The minimum absolute atomic E-state index is 0.0497. The van der Waals surface area contributed by atoms with Crippen LogP contribution in [0.4, 0.5) is 0 Å². The molecule has 7 heteroatoms. The molecule has 0 saturated heterocycles. The highest BCUT2D eigenvalue weighted by Gasteiger charge is 2.33. The van der Waals surface area contributed by atoms with Gasteiger partial charge >= 0.3 is 0 Å². The summed E-state index contributed by atoms with van der Waals surface area (Å²) in [6.07, 6.45) is 4.54. The van der Waals surface area contributed by atoms with Gasteiger partial charge in [-0.25, -0.2) is 0 Å². The van der Waals surface area contributed by atoms with E-state index < -0.39 is 6.04 Å². The summed E-state index contributed by atoms with van der Waals surface area (Å²) in [5.41, 5.74) is 0.796. The van der Waals surface area contributed by atoms with Crippen molar-refractivity contribution >= 4 is 34.5 Å². The van der Waals surface area contributed by atoms with E-state index in [1.165, 1.54) is 0 Å². The number of nitrogens with one attached hydrogen (secondary N) is 1. The fourth-order valence-corrected chi connectivity index (χ4v) is 5.69. The summed E-state index contributed by atoms with van der Waals surface area (Å²) in [5.74, 6) is 0.597. The van der Waals surface area contributed by atoms with Crippen LogP contribution in [0.1, 0.15) is 54.0 Å². The number of rotatable bonds is 10. The number of carbonyl (C=O) groups is 2. The van der Waals surface area contributed by atoms with Crippen LogP contribution >= 0.6 is 22.7 Å². The van der Waals surface area contributed by atoms with Crippen LogP contribution in [0.2, 0.25) is 0 Å². The Morgan fingerprint density at radius 3 is 2.30 bits per heavy atom. The van der Waals surface area contributed by atoms with Gasteiger partial charge in [0.05, 0.1) is 19.6 Å². The first kappa shape index (κ1) is 23.5. The number of amides is 2. The lowest BCUT2D eigenvalue weighted by Gasteiger charge is -2.32. The van der Waals surface area contributed by atoms with Gasteiger partial charge in [0.2, 0.25) is 11.8 Å². The number of hydrogen-bond donors (Lipinski definition) is 1. The zero-order chi connectivity index (χ0) is 23.0. The standard InChI is InChI=1S/C26H30N2O3S2/c1-2-31-21-13-11-19(12-14-21)25(26(30)27-20-7-3-4-8-20)28(18-23-10-6-16-33-23)24(29)17-22-9-5-15-32-22/h5-6,9-16,20,25H,2-4,7-8,17-18H2,1H3,(H,27,30). The number of thiophene rings is 2. The Hall–Kier alpha value is -2.64. The maximum absolute atomic E-state index is 13.7. The van der Waals surface area contributed by atoms with E-state index in [1.807, 2.05) is 66.2 Å². The Morgan fingerprint density at radius 2 is 1.70 bits per heavy atom. The molecule has 1 unspecified atom stereocenters. The molecule has 3 aromatic rings. The average molecular weight is 483 g/mol. The van der Waals surface area contributed by atoms with E-state index in [1.54, 1.807) is 27.6 Å². The van der Waals surface area contributed by atoms with Crippen molar-refractivity contribution in [2.45, 2.75) is 57.7 Å². The summed E-state index contributed by atoms with van der Waals surface area (Å²) in [4.78, 5) is 31.0. The van der Waals surface area contributed by atoms with Crippen LogP contribution in [0.25, 0.3) is 0 Å². The molecule has 0 radical (unpaired) electrons. The van der Waals surface area contributed by atoms with Crippen molar-refractivity contribution in [1.29, 1.82) is 0 Å². The van der Waals surface area contributed by atoms with E-state index in [0.717, 1.165) is 46.8 Å². The molecule has 4 rings (SSSR count). The van der Waals surface area contributed by atoms with Crippen LogP contribution in [-0.4, -0.2) is 29.4 Å². The highest BCUT2D eigenvalue weighted by Crippen LogP contribution is 2.29. The van der Waals surface area contributed by atoms with E-state index in [4.69, 9.17) is 4.74 Å². The zero-order valence-electron chi connectivity index (χ0n) is 18.9. The third-order valence-electron chi connectivity index (χ3n) is 5.90. The number of benzene rings is 1. The van der Waals surface area contributed by atoms with Crippen molar-refractivity contribution in [2.75, 3.05) is 6.61 Å². The lowest BCUT2D eigenvalue weighted by atomic mass is 10.0. The molecular formula is C26H30N2O3S2. The second-order valence-corrected chi connectivity index (χ2v) is 10.3. The monoisotopic (exact) mass is 482 g/mol. The second kappa shape index (κ2) is 11.5. The first-order chi connectivity index (χ1) is 16.1. The van der Waals surface area contributed by atoms with Crippen molar-refractivity contribution < 1.29 is 14.3 Å². The van der Waals surface area contributed by atoms with E-state index in [2.05, 4.69) is 5.32 Å². The lowest BCUT2D eigenvalue weighted by Crippen LogP contribution is -2.46. The first-order valence-corrected chi connectivity index (χ1v) is 13.3. The smallest absolute Gasteiger partial charge is 0.247 e. The number of hydrogen-bond acceptors (Lipinski definition) is 5. The molecule has 2 aromatic heterocycles. The van der Waals surface area contributed by atoms with Gasteiger partial charge in [0.25, 0.3) is 0 Å². The van der Waals surface area contributed by atoms with Gasteiger partial charge in [-0.1, -0.05) is 37.1 Å². The Bertz CT molecular complexity index is 1010. The zero-order valence-corrected chi connectivity index (χ0v) is 20.5. The van der Waals surface area contributed by atoms with Gasteiger partial charge in [-0.2, -0.15) is 0 Å². The van der Waals surface area contributed by atoms with Crippen LogP contribution in [0.3, 0.4) is 0 Å². The Labute approximate surface area is 203 Å². The summed E-state index contributed by atoms with van der Waals surface area (Å²) < 4.78 is 5.59. The Morgan fingerprint density at radius 1 is 1.03 bits per heavy atom. The minimum Gasteiger partial charge on any atom is -0.494 e. The van der Waals surface area contributed by atoms with Gasteiger partial charge in [-0.3, -0.25) is 9.59 Å². The third-order valence-corrected chi connectivity index (χ3v) is 7.64. The van der Waals surface area contributed by atoms with Crippen LogP contribution in [0, 0.1) is 0 Å². The Kier molecular flexibility index (Phi) is 8.18. The minimum atomic E-state index is -0.698. The van der Waals surface area contributed by atoms with Gasteiger partial charge in [0.15, 0.2) is 0 Å². The molecular weight excluding hydrogens is 452 g/mol. The summed E-state index contributed by atoms with van der Waals surface area (Å²) in [6, 6.07) is 15.0. The first-order valence-electron chi connectivity index (χ1n) is 11.5. The molecule has 0 bridgehead atoms. The fraction of sp³-hybridized carbons (Fsp3) is 0.385. The molecule has 33 heavy (non-hydrogen) atoms. The predicted octanol–water partition coefficient (Wildman–Crippen LogP) is 5.58. The maximum Gasteiger partial charge on any atom is 0.247 e. The highest BCUT2D eigenvalue weighted by molar-refractivity contribution is 7.10.